The number of hydrogen-bond donors (Lipinski definition) is 0. The zero-order valence-corrected chi connectivity index (χ0v) is 12.4. The molecule has 0 aliphatic carbocycles. The second kappa shape index (κ2) is 6.29. The van der Waals surface area contributed by atoms with E-state index >= 15 is 0 Å². The highest BCUT2D eigenvalue weighted by molar-refractivity contribution is 7.09. The van der Waals surface area contributed by atoms with E-state index in [1.165, 1.54) is 4.88 Å². The predicted octanol–water partition coefficient (Wildman–Crippen LogP) is 3.41. The van der Waals surface area contributed by atoms with Crippen molar-refractivity contribution in [3.8, 4) is 11.5 Å². The van der Waals surface area contributed by atoms with Crippen LogP contribution in [0.2, 0.25) is 0 Å². The van der Waals surface area contributed by atoms with Crippen molar-refractivity contribution >= 4 is 11.3 Å². The molecule has 0 radical (unpaired) electrons. The molecule has 1 unspecified atom stereocenters. The lowest BCUT2D eigenvalue weighted by atomic mass is 10.2. The van der Waals surface area contributed by atoms with Gasteiger partial charge in [-0.15, -0.1) is 11.3 Å². The molecule has 0 fully saturated rings. The van der Waals surface area contributed by atoms with Gasteiger partial charge >= 0.3 is 0 Å². The minimum atomic E-state index is 0.102. The van der Waals surface area contributed by atoms with Gasteiger partial charge in [-0.05, 0) is 30.1 Å². The van der Waals surface area contributed by atoms with Gasteiger partial charge in [-0.2, -0.15) is 0 Å². The van der Waals surface area contributed by atoms with Crippen molar-refractivity contribution in [2.45, 2.75) is 19.6 Å². The first-order valence-electron chi connectivity index (χ1n) is 6.98. The summed E-state index contributed by atoms with van der Waals surface area (Å²) in [6.07, 6.45) is 0.102. The van der Waals surface area contributed by atoms with E-state index in [0.717, 1.165) is 31.1 Å². The van der Waals surface area contributed by atoms with Crippen LogP contribution in [-0.2, 0) is 6.54 Å². The van der Waals surface area contributed by atoms with Crippen molar-refractivity contribution in [2.75, 3.05) is 19.7 Å². The molecule has 2 heterocycles. The third kappa shape index (κ3) is 3.14. The van der Waals surface area contributed by atoms with E-state index in [4.69, 9.17) is 9.47 Å². The minimum Gasteiger partial charge on any atom is -0.486 e. The molecule has 0 saturated heterocycles. The molecule has 3 nitrogen and oxygen atoms in total. The normalized spacial score (nSPS) is 17.4. The largest absolute Gasteiger partial charge is 0.486 e. The Labute approximate surface area is 123 Å². The van der Waals surface area contributed by atoms with Crippen LogP contribution in [0.4, 0.5) is 0 Å². The van der Waals surface area contributed by atoms with Gasteiger partial charge in [0.15, 0.2) is 11.5 Å². The van der Waals surface area contributed by atoms with E-state index in [0.29, 0.717) is 6.61 Å². The SMILES string of the molecule is CCN(Cc1cccs1)CC1COc2ccccc2O1. The van der Waals surface area contributed by atoms with E-state index in [1.807, 2.05) is 24.3 Å². The second-order valence-corrected chi connectivity index (χ2v) is 5.94. The zero-order valence-electron chi connectivity index (χ0n) is 11.6. The molecule has 1 aliphatic heterocycles. The lowest BCUT2D eigenvalue weighted by molar-refractivity contribution is 0.0583. The van der Waals surface area contributed by atoms with Crippen LogP contribution < -0.4 is 9.47 Å². The monoisotopic (exact) mass is 289 g/mol. The van der Waals surface area contributed by atoms with Crippen molar-refractivity contribution in [1.82, 2.24) is 4.90 Å². The van der Waals surface area contributed by atoms with Crippen molar-refractivity contribution in [3.63, 3.8) is 0 Å². The molecule has 1 atom stereocenters. The number of para-hydroxylation sites is 2. The molecular formula is C16H19NO2S. The van der Waals surface area contributed by atoms with Gasteiger partial charge in [0.25, 0.3) is 0 Å². The number of thiophene rings is 1. The van der Waals surface area contributed by atoms with Gasteiger partial charge in [0.1, 0.15) is 12.7 Å². The topological polar surface area (TPSA) is 21.7 Å². The summed E-state index contributed by atoms with van der Waals surface area (Å²) in [4.78, 5) is 3.79. The maximum atomic E-state index is 6.02. The smallest absolute Gasteiger partial charge is 0.161 e. The standard InChI is InChI=1S/C16H19NO2S/c1-2-17(11-14-6-5-9-20-14)10-13-12-18-15-7-3-4-8-16(15)19-13/h3-9,13H,2,10-12H2,1H3. The Balaban J connectivity index is 1.60. The first kappa shape index (κ1) is 13.5. The fourth-order valence-electron chi connectivity index (χ4n) is 2.37. The van der Waals surface area contributed by atoms with Gasteiger partial charge in [0, 0.05) is 18.0 Å². The number of hydrogen-bond acceptors (Lipinski definition) is 4. The summed E-state index contributed by atoms with van der Waals surface area (Å²) >= 11 is 1.80. The summed E-state index contributed by atoms with van der Waals surface area (Å²) in [7, 11) is 0. The Bertz CT molecular complexity index is 541. The number of likely N-dealkylation sites (N-methyl/N-ethyl adjacent to an activating group) is 1. The average Bonchev–Trinajstić information content (AvgIpc) is 2.99. The molecule has 1 aliphatic rings. The summed E-state index contributed by atoms with van der Waals surface area (Å²) in [6, 6.07) is 12.2. The van der Waals surface area contributed by atoms with Crippen molar-refractivity contribution < 1.29 is 9.47 Å². The summed E-state index contributed by atoms with van der Waals surface area (Å²) in [5.74, 6) is 1.71. The minimum absolute atomic E-state index is 0.102. The van der Waals surface area contributed by atoms with Gasteiger partial charge in [-0.3, -0.25) is 4.90 Å². The van der Waals surface area contributed by atoms with Crippen molar-refractivity contribution in [3.05, 3.63) is 46.7 Å². The summed E-state index contributed by atoms with van der Waals surface area (Å²) in [5.41, 5.74) is 0. The molecule has 3 rings (SSSR count). The molecular weight excluding hydrogens is 270 g/mol. The Morgan fingerprint density at radius 1 is 1.20 bits per heavy atom. The predicted molar refractivity (Wildman–Crippen MR) is 81.6 cm³/mol. The van der Waals surface area contributed by atoms with Crippen molar-refractivity contribution in [2.24, 2.45) is 0 Å². The fourth-order valence-corrected chi connectivity index (χ4v) is 3.12. The Morgan fingerprint density at radius 3 is 2.80 bits per heavy atom. The van der Waals surface area contributed by atoms with Crippen molar-refractivity contribution in [1.29, 1.82) is 0 Å². The third-order valence-corrected chi connectivity index (χ3v) is 4.30. The number of rotatable bonds is 5. The van der Waals surface area contributed by atoms with Crippen LogP contribution in [0.1, 0.15) is 11.8 Å². The lowest BCUT2D eigenvalue weighted by Crippen LogP contribution is -2.40. The molecule has 2 aromatic rings. The molecule has 20 heavy (non-hydrogen) atoms. The van der Waals surface area contributed by atoms with Crippen LogP contribution in [0, 0.1) is 0 Å². The number of nitrogens with zero attached hydrogens (tertiary/aromatic N) is 1. The van der Waals surface area contributed by atoms with E-state index in [-0.39, 0.29) is 6.10 Å². The summed E-state index contributed by atoms with van der Waals surface area (Å²) in [6.45, 7) is 5.70. The maximum absolute atomic E-state index is 6.02. The van der Waals surface area contributed by atoms with Gasteiger partial charge in [-0.1, -0.05) is 25.1 Å². The average molecular weight is 289 g/mol. The highest BCUT2D eigenvalue weighted by Gasteiger charge is 2.22. The third-order valence-electron chi connectivity index (χ3n) is 3.44. The lowest BCUT2D eigenvalue weighted by Gasteiger charge is -2.30. The Kier molecular flexibility index (Phi) is 4.23. The highest BCUT2D eigenvalue weighted by Crippen LogP contribution is 2.31. The number of benzene rings is 1. The van der Waals surface area contributed by atoms with E-state index in [9.17, 15) is 0 Å². The van der Waals surface area contributed by atoms with Crippen LogP contribution in [0.5, 0.6) is 11.5 Å². The molecule has 1 aromatic heterocycles. The van der Waals surface area contributed by atoms with Crippen LogP contribution in [0.25, 0.3) is 0 Å². The summed E-state index contributed by atoms with van der Waals surface area (Å²) in [5, 5.41) is 2.12. The molecule has 0 N–H and O–H groups in total. The Morgan fingerprint density at radius 2 is 2.05 bits per heavy atom. The van der Waals surface area contributed by atoms with Gasteiger partial charge in [-0.25, -0.2) is 0 Å². The molecule has 0 bridgehead atoms. The number of fused-ring (bicyclic) bond motifs is 1. The first-order chi connectivity index (χ1) is 9.85. The molecule has 0 saturated carbocycles. The summed E-state index contributed by atoms with van der Waals surface area (Å²) < 4.78 is 11.8. The van der Waals surface area contributed by atoms with Crippen LogP contribution >= 0.6 is 11.3 Å². The molecule has 0 amide bonds. The van der Waals surface area contributed by atoms with E-state index in [2.05, 4.69) is 29.3 Å². The Hall–Kier alpha value is -1.52. The zero-order chi connectivity index (χ0) is 13.8. The molecule has 0 spiro atoms. The van der Waals surface area contributed by atoms with Crippen LogP contribution in [0.15, 0.2) is 41.8 Å². The van der Waals surface area contributed by atoms with Gasteiger partial charge in [0.05, 0.1) is 0 Å². The van der Waals surface area contributed by atoms with E-state index < -0.39 is 0 Å². The molecule has 106 valence electrons. The molecule has 1 aromatic carbocycles. The fraction of sp³-hybridized carbons (Fsp3) is 0.375. The molecule has 4 heteroatoms. The number of ether oxygens (including phenoxy) is 2. The van der Waals surface area contributed by atoms with Crippen LogP contribution in [0.3, 0.4) is 0 Å². The van der Waals surface area contributed by atoms with Gasteiger partial charge < -0.3 is 9.47 Å². The van der Waals surface area contributed by atoms with Gasteiger partial charge in [0.2, 0.25) is 0 Å². The second-order valence-electron chi connectivity index (χ2n) is 4.90. The quantitative estimate of drug-likeness (QED) is 0.842. The highest BCUT2D eigenvalue weighted by atomic mass is 32.1. The van der Waals surface area contributed by atoms with Crippen LogP contribution in [-0.4, -0.2) is 30.7 Å². The maximum Gasteiger partial charge on any atom is 0.161 e. The first-order valence-corrected chi connectivity index (χ1v) is 7.86. The van der Waals surface area contributed by atoms with E-state index in [1.54, 1.807) is 11.3 Å².